The molecule has 3 aliphatic heterocycles. The number of rotatable bonds is 6. The Kier molecular flexibility index (Phi) is 8.49. The summed E-state index contributed by atoms with van der Waals surface area (Å²) in [5.74, 6) is -1.30. The van der Waals surface area contributed by atoms with E-state index in [1.54, 1.807) is 30.3 Å². The normalized spacial score (nSPS) is 22.9. The molecule has 0 saturated carbocycles. The fourth-order valence-corrected chi connectivity index (χ4v) is 7.84. The minimum Gasteiger partial charge on any atom is -1.00 e. The fraction of sp³-hybridized carbons (Fsp3) is 0.375. The van der Waals surface area contributed by atoms with Gasteiger partial charge in [-0.25, -0.2) is 9.59 Å². The number of piperidine rings is 1. The molecule has 3 heterocycles. The van der Waals surface area contributed by atoms with Crippen LogP contribution in [0.2, 0.25) is 10.0 Å². The third-order valence-electron chi connectivity index (χ3n) is 9.02. The van der Waals surface area contributed by atoms with Crippen LogP contribution in [0.5, 0.6) is 0 Å². The van der Waals surface area contributed by atoms with Gasteiger partial charge in [0.15, 0.2) is 0 Å². The second kappa shape index (κ2) is 11.7. The largest absolute Gasteiger partial charge is 1.00 e. The monoisotopic (exact) mass is 599 g/mol. The van der Waals surface area contributed by atoms with E-state index in [2.05, 4.69) is 0 Å². The lowest BCUT2D eigenvalue weighted by Gasteiger charge is -2.47. The van der Waals surface area contributed by atoms with Crippen molar-refractivity contribution >= 4 is 35.1 Å². The van der Waals surface area contributed by atoms with Gasteiger partial charge in [-0.3, -0.25) is 0 Å². The number of carbonyl (C=O) groups is 2. The summed E-state index contributed by atoms with van der Waals surface area (Å²) < 4.78 is 13.8. The molecule has 3 atom stereocenters. The van der Waals surface area contributed by atoms with Gasteiger partial charge in [0.25, 0.3) is 5.60 Å². The lowest BCUT2D eigenvalue weighted by atomic mass is 9.85. The Morgan fingerprint density at radius 2 is 1.27 bits per heavy atom. The molecule has 6 rings (SSSR count). The molecule has 0 N–H and O–H groups in total. The lowest BCUT2D eigenvalue weighted by molar-refractivity contribution is -0.956. The third kappa shape index (κ3) is 5.14. The number of quaternary nitrogens is 1. The summed E-state index contributed by atoms with van der Waals surface area (Å²) in [6.07, 6.45) is 6.42. The van der Waals surface area contributed by atoms with Crippen molar-refractivity contribution in [2.24, 2.45) is 0 Å². The topological polar surface area (TPSA) is 52.6 Å². The molecule has 5 nitrogen and oxygen atoms in total. The molecule has 3 aliphatic rings. The zero-order chi connectivity index (χ0) is 27.0. The van der Waals surface area contributed by atoms with Crippen molar-refractivity contribution in [2.45, 2.75) is 62.3 Å². The van der Waals surface area contributed by atoms with E-state index in [1.807, 2.05) is 36.4 Å². The van der Waals surface area contributed by atoms with Gasteiger partial charge < -0.3 is 26.4 Å². The summed E-state index contributed by atoms with van der Waals surface area (Å²) in [6, 6.07) is 23.8. The Morgan fingerprint density at radius 3 is 1.77 bits per heavy atom. The van der Waals surface area contributed by atoms with E-state index in [9.17, 15) is 9.59 Å². The number of carbonyl (C=O) groups excluding carboxylic acids is 2. The number of hydrogen-bond acceptors (Lipinski definition) is 4. The van der Waals surface area contributed by atoms with Crippen LogP contribution in [0.4, 0.5) is 0 Å². The molecular formula is C32H32Cl3NO4. The zero-order valence-electron chi connectivity index (χ0n) is 22.1. The summed E-state index contributed by atoms with van der Waals surface area (Å²) in [7, 11) is 0. The molecule has 2 bridgehead atoms. The van der Waals surface area contributed by atoms with Crippen LogP contribution in [0.25, 0.3) is 0 Å². The predicted molar refractivity (Wildman–Crippen MR) is 151 cm³/mol. The summed E-state index contributed by atoms with van der Waals surface area (Å²) in [5.41, 5.74) is -0.605. The fourth-order valence-electron chi connectivity index (χ4n) is 7.32. The second-order valence-electron chi connectivity index (χ2n) is 11.1. The van der Waals surface area contributed by atoms with Crippen molar-refractivity contribution in [1.82, 2.24) is 0 Å². The van der Waals surface area contributed by atoms with Gasteiger partial charge in [0.2, 0.25) is 0 Å². The SMILES string of the molecule is O=C(OC(C(=O)OC1C[C@H]2CC[C@@H](C1)[N+]21CCCC1)(c1ccccc1)c1ccccc1)c1cc(Cl)cc(Cl)c1.[Cl-]. The highest BCUT2D eigenvalue weighted by Gasteiger charge is 2.57. The van der Waals surface area contributed by atoms with Crippen LogP contribution >= 0.6 is 23.2 Å². The van der Waals surface area contributed by atoms with Crippen molar-refractivity contribution < 1.29 is 36.0 Å². The maximum Gasteiger partial charge on any atom is 0.360 e. The Morgan fingerprint density at radius 1 is 0.775 bits per heavy atom. The van der Waals surface area contributed by atoms with Crippen molar-refractivity contribution in [3.8, 4) is 0 Å². The van der Waals surface area contributed by atoms with Crippen molar-refractivity contribution in [3.63, 3.8) is 0 Å². The number of halogens is 3. The van der Waals surface area contributed by atoms with Crippen LogP contribution in [-0.4, -0.2) is 47.7 Å². The van der Waals surface area contributed by atoms with E-state index >= 15 is 0 Å². The van der Waals surface area contributed by atoms with E-state index in [0.717, 1.165) is 12.8 Å². The first-order valence-corrected chi connectivity index (χ1v) is 14.5. The number of hydrogen-bond donors (Lipinski definition) is 0. The molecule has 0 aromatic heterocycles. The highest BCUT2D eigenvalue weighted by molar-refractivity contribution is 6.35. The van der Waals surface area contributed by atoms with E-state index in [1.165, 1.54) is 55.4 Å². The summed E-state index contributed by atoms with van der Waals surface area (Å²) in [5, 5.41) is 0.609. The van der Waals surface area contributed by atoms with E-state index in [-0.39, 0.29) is 24.1 Å². The Bertz CT molecular complexity index is 1290. The van der Waals surface area contributed by atoms with Gasteiger partial charge in [-0.05, 0) is 18.2 Å². The van der Waals surface area contributed by atoms with Crippen LogP contribution in [0, 0.1) is 0 Å². The first-order chi connectivity index (χ1) is 18.9. The molecule has 0 amide bonds. The number of benzene rings is 3. The number of esters is 2. The minimum atomic E-state index is -1.80. The molecule has 1 unspecified atom stereocenters. The van der Waals surface area contributed by atoms with Gasteiger partial charge in [0.05, 0.1) is 30.7 Å². The zero-order valence-corrected chi connectivity index (χ0v) is 24.4. The van der Waals surface area contributed by atoms with Gasteiger partial charge in [-0.1, -0.05) is 83.9 Å². The Balaban J connectivity index is 0.00000323. The molecule has 3 saturated heterocycles. The summed E-state index contributed by atoms with van der Waals surface area (Å²) >= 11 is 12.4. The van der Waals surface area contributed by atoms with Crippen LogP contribution in [0.15, 0.2) is 78.9 Å². The third-order valence-corrected chi connectivity index (χ3v) is 9.46. The second-order valence-corrected chi connectivity index (χ2v) is 12.0. The van der Waals surface area contributed by atoms with Crippen LogP contribution in [-0.2, 0) is 19.9 Å². The average Bonchev–Trinajstić information content (AvgIpc) is 3.48. The first-order valence-electron chi connectivity index (χ1n) is 13.8. The van der Waals surface area contributed by atoms with E-state index in [0.29, 0.717) is 33.3 Å². The van der Waals surface area contributed by atoms with Gasteiger partial charge >= 0.3 is 11.9 Å². The molecule has 210 valence electrons. The maximum absolute atomic E-state index is 14.4. The van der Waals surface area contributed by atoms with Crippen molar-refractivity contribution in [3.05, 3.63) is 106 Å². The van der Waals surface area contributed by atoms with Crippen LogP contribution < -0.4 is 12.4 Å². The summed E-state index contributed by atoms with van der Waals surface area (Å²) in [6.45, 7) is 2.49. The molecule has 0 radical (unpaired) electrons. The molecule has 3 aromatic rings. The van der Waals surface area contributed by atoms with Gasteiger partial charge in [0, 0.05) is 59.7 Å². The Labute approximate surface area is 251 Å². The molecule has 40 heavy (non-hydrogen) atoms. The smallest absolute Gasteiger partial charge is 0.360 e. The van der Waals surface area contributed by atoms with Gasteiger partial charge in [0.1, 0.15) is 6.10 Å². The highest BCUT2D eigenvalue weighted by Crippen LogP contribution is 2.47. The molecular weight excluding hydrogens is 569 g/mol. The quantitative estimate of drug-likeness (QED) is 0.318. The Hall–Kier alpha value is -2.57. The van der Waals surface area contributed by atoms with Crippen LogP contribution in [0.1, 0.15) is 60.0 Å². The lowest BCUT2D eigenvalue weighted by Crippen LogP contribution is -3.00. The highest BCUT2D eigenvalue weighted by atomic mass is 35.5. The number of ether oxygens (including phenoxy) is 2. The molecule has 1 spiro atoms. The van der Waals surface area contributed by atoms with E-state index in [4.69, 9.17) is 32.7 Å². The standard InChI is InChI=1S/C32H32Cl2NO4.ClH/c33-25-17-22(18-26(34)19-25)30(36)39-32(23-9-3-1-4-10-23,24-11-5-2-6-12-24)31(37)38-29-20-27-13-14-28(21-29)35(27)15-7-8-16-35;/h1-6,9-12,17-19,27-29H,7-8,13-16,20-21H2;1H/q+1;/p-1/t27-,28+,29?;. The van der Waals surface area contributed by atoms with Gasteiger partial charge in [-0.15, -0.1) is 0 Å². The van der Waals surface area contributed by atoms with Crippen molar-refractivity contribution in [1.29, 1.82) is 0 Å². The minimum absolute atomic E-state index is 0. The molecule has 3 aromatic carbocycles. The molecule has 8 heteroatoms. The van der Waals surface area contributed by atoms with Crippen molar-refractivity contribution in [2.75, 3.05) is 13.1 Å². The van der Waals surface area contributed by atoms with Gasteiger partial charge in [-0.2, -0.15) is 0 Å². The number of nitrogens with zero attached hydrogens (tertiary/aromatic N) is 1. The molecule has 0 aliphatic carbocycles. The predicted octanol–water partition coefficient (Wildman–Crippen LogP) is 3.95. The van der Waals surface area contributed by atoms with Crippen LogP contribution in [0.3, 0.4) is 0 Å². The summed E-state index contributed by atoms with van der Waals surface area (Å²) in [4.78, 5) is 28.1. The first kappa shape index (κ1) is 28.9. The maximum atomic E-state index is 14.4. The molecule has 3 fully saturated rings. The van der Waals surface area contributed by atoms with E-state index < -0.39 is 17.5 Å². The average molecular weight is 601 g/mol.